The second-order valence-corrected chi connectivity index (χ2v) is 12.8. The Bertz CT molecular complexity index is 657. The molecule has 4 rings (SSSR count). The summed E-state index contributed by atoms with van der Waals surface area (Å²) in [5, 5.41) is 0. The van der Waals surface area contributed by atoms with Gasteiger partial charge in [-0.1, -0.05) is 45.4 Å². The molecule has 0 bridgehead atoms. The fraction of sp³-hybridized carbons (Fsp3) is 0.935. The van der Waals surface area contributed by atoms with Gasteiger partial charge in [0.05, 0.1) is 18.8 Å². The summed E-state index contributed by atoms with van der Waals surface area (Å²) in [6, 6.07) is 0. The first-order valence-corrected chi connectivity index (χ1v) is 15.4. The van der Waals surface area contributed by atoms with Crippen LogP contribution in [0, 0.1) is 41.4 Å². The molecular weight excluding hydrogens is 464 g/mol. The van der Waals surface area contributed by atoms with Crippen LogP contribution in [-0.2, 0) is 4.74 Å². The molecule has 4 fully saturated rings. The van der Waals surface area contributed by atoms with Crippen molar-refractivity contribution < 1.29 is 22.3 Å². The maximum absolute atomic E-state index is 14.0. The molecule has 2 unspecified atom stereocenters. The number of alkyl halides is 3. The number of hydrogen-bond acceptors (Lipinski definition) is 1. The molecule has 1 heterocycles. The van der Waals surface area contributed by atoms with Crippen LogP contribution in [0.15, 0.2) is 11.9 Å². The van der Waals surface area contributed by atoms with Crippen LogP contribution >= 0.6 is 0 Å². The van der Waals surface area contributed by atoms with E-state index >= 15 is 0 Å². The molecule has 208 valence electrons. The first-order chi connectivity index (χ1) is 17.3. The van der Waals surface area contributed by atoms with Gasteiger partial charge >= 0.3 is 6.18 Å². The summed E-state index contributed by atoms with van der Waals surface area (Å²) in [5.41, 5.74) is 0. The summed E-state index contributed by atoms with van der Waals surface area (Å²) in [4.78, 5) is 0. The Morgan fingerprint density at radius 3 is 1.78 bits per heavy atom. The summed E-state index contributed by atoms with van der Waals surface area (Å²) in [6.07, 6.45) is 17.4. The number of hydrogen-bond donors (Lipinski definition) is 0. The number of allylic oxidation sites excluding steroid dienone is 2. The first-order valence-electron chi connectivity index (χ1n) is 15.4. The minimum atomic E-state index is -4.55. The van der Waals surface area contributed by atoms with Gasteiger partial charge in [-0.3, -0.25) is 0 Å². The van der Waals surface area contributed by atoms with Gasteiger partial charge in [0.25, 0.3) is 0 Å². The molecule has 2 atom stereocenters. The van der Waals surface area contributed by atoms with Gasteiger partial charge in [-0.15, -0.1) is 0 Å². The van der Waals surface area contributed by atoms with Crippen molar-refractivity contribution in [1.82, 2.24) is 0 Å². The van der Waals surface area contributed by atoms with Crippen LogP contribution in [0.3, 0.4) is 0 Å². The van der Waals surface area contributed by atoms with Gasteiger partial charge in [0, 0.05) is 5.92 Å². The van der Waals surface area contributed by atoms with E-state index in [1.54, 1.807) is 0 Å². The van der Waals surface area contributed by atoms with E-state index in [-0.39, 0.29) is 6.08 Å². The van der Waals surface area contributed by atoms with Crippen LogP contribution in [-0.4, -0.2) is 18.9 Å². The summed E-state index contributed by atoms with van der Waals surface area (Å²) in [7, 11) is 0. The smallest absolute Gasteiger partial charge is 0.378 e. The highest BCUT2D eigenvalue weighted by molar-refractivity contribution is 5.03. The van der Waals surface area contributed by atoms with Gasteiger partial charge in [-0.2, -0.15) is 13.2 Å². The summed E-state index contributed by atoms with van der Waals surface area (Å²) in [6.45, 7) is 3.26. The Hall–Kier alpha value is -0.580. The summed E-state index contributed by atoms with van der Waals surface area (Å²) < 4.78 is 57.9. The predicted molar refractivity (Wildman–Crippen MR) is 138 cm³/mol. The minimum Gasteiger partial charge on any atom is -0.378 e. The molecule has 0 amide bonds. The molecule has 0 aromatic rings. The molecular formula is C31H50F4O. The van der Waals surface area contributed by atoms with E-state index in [1.165, 1.54) is 89.9 Å². The zero-order chi connectivity index (χ0) is 25.5. The SMILES string of the molecule is CCCCCC1CCC(C2CCC(C3CCC(C4CCC(C(F)=CC(F)(F)F)CC4)CC3)OC2)CC1. The molecule has 1 nitrogen and oxygen atoms in total. The number of unbranched alkanes of at least 4 members (excludes halogenated alkanes) is 2. The van der Waals surface area contributed by atoms with E-state index < -0.39 is 17.9 Å². The van der Waals surface area contributed by atoms with Crippen LogP contribution < -0.4 is 0 Å². The van der Waals surface area contributed by atoms with Crippen LogP contribution in [0.1, 0.15) is 122 Å². The van der Waals surface area contributed by atoms with Gasteiger partial charge in [-0.05, 0) is 113 Å². The zero-order valence-corrected chi connectivity index (χ0v) is 22.6. The van der Waals surface area contributed by atoms with Crippen molar-refractivity contribution >= 4 is 0 Å². The van der Waals surface area contributed by atoms with Crippen LogP contribution in [0.25, 0.3) is 0 Å². The Labute approximate surface area is 217 Å². The topological polar surface area (TPSA) is 9.23 Å². The lowest BCUT2D eigenvalue weighted by Gasteiger charge is -2.43. The summed E-state index contributed by atoms with van der Waals surface area (Å²) >= 11 is 0. The third kappa shape index (κ3) is 8.21. The average molecular weight is 515 g/mol. The molecule has 4 aliphatic rings. The zero-order valence-electron chi connectivity index (χ0n) is 22.6. The van der Waals surface area contributed by atoms with Gasteiger partial charge in [0.1, 0.15) is 5.83 Å². The third-order valence-electron chi connectivity index (χ3n) is 10.6. The fourth-order valence-corrected chi connectivity index (χ4v) is 8.30. The molecule has 0 aromatic carbocycles. The Morgan fingerprint density at radius 1 is 0.694 bits per heavy atom. The van der Waals surface area contributed by atoms with E-state index in [0.29, 0.717) is 36.7 Å². The molecule has 3 aliphatic carbocycles. The van der Waals surface area contributed by atoms with Crippen molar-refractivity contribution in [2.24, 2.45) is 41.4 Å². The fourth-order valence-electron chi connectivity index (χ4n) is 8.30. The van der Waals surface area contributed by atoms with Gasteiger partial charge in [-0.25, -0.2) is 4.39 Å². The minimum absolute atomic E-state index is 0.127. The van der Waals surface area contributed by atoms with E-state index in [2.05, 4.69) is 6.92 Å². The molecule has 0 radical (unpaired) electrons. The number of ether oxygens (including phenoxy) is 1. The largest absolute Gasteiger partial charge is 0.412 e. The van der Waals surface area contributed by atoms with Gasteiger partial charge in [0.15, 0.2) is 0 Å². The lowest BCUT2D eigenvalue weighted by Crippen LogP contribution is -2.38. The van der Waals surface area contributed by atoms with Gasteiger partial charge in [0.2, 0.25) is 0 Å². The van der Waals surface area contributed by atoms with E-state index in [1.807, 2.05) is 0 Å². The van der Waals surface area contributed by atoms with Crippen molar-refractivity contribution in [2.45, 2.75) is 135 Å². The normalized spacial score (nSPS) is 39.2. The lowest BCUT2D eigenvalue weighted by molar-refractivity contribution is -0.0823. The van der Waals surface area contributed by atoms with E-state index in [9.17, 15) is 17.6 Å². The summed E-state index contributed by atoms with van der Waals surface area (Å²) in [5.74, 6) is 3.06. The van der Waals surface area contributed by atoms with Crippen LogP contribution in [0.4, 0.5) is 17.6 Å². The number of rotatable bonds is 8. The highest BCUT2D eigenvalue weighted by Crippen LogP contribution is 2.46. The molecule has 1 aliphatic heterocycles. The molecule has 5 heteroatoms. The molecule has 0 aromatic heterocycles. The highest BCUT2D eigenvalue weighted by Gasteiger charge is 2.38. The maximum atomic E-state index is 14.0. The van der Waals surface area contributed by atoms with Crippen LogP contribution in [0.5, 0.6) is 0 Å². The second kappa shape index (κ2) is 13.5. The Balaban J connectivity index is 1.12. The molecule has 3 saturated carbocycles. The van der Waals surface area contributed by atoms with Crippen molar-refractivity contribution in [1.29, 1.82) is 0 Å². The quantitative estimate of drug-likeness (QED) is 0.231. The van der Waals surface area contributed by atoms with Crippen molar-refractivity contribution in [3.63, 3.8) is 0 Å². The standard InChI is InChI=1S/C31H50F4O/c1-2-3-4-5-22-6-8-25(9-7-22)28-18-19-30(36-21-28)27-16-12-24(13-17-27)23-10-14-26(15-11-23)29(32)20-31(33,34)35/h20,22-28,30H,2-19,21H2,1H3. The monoisotopic (exact) mass is 514 g/mol. The van der Waals surface area contributed by atoms with Crippen molar-refractivity contribution in [3.8, 4) is 0 Å². The van der Waals surface area contributed by atoms with Crippen LogP contribution in [0.2, 0.25) is 0 Å². The second-order valence-electron chi connectivity index (χ2n) is 12.8. The molecule has 0 spiro atoms. The van der Waals surface area contributed by atoms with Gasteiger partial charge < -0.3 is 4.74 Å². The average Bonchev–Trinajstić information content (AvgIpc) is 2.89. The lowest BCUT2D eigenvalue weighted by atomic mass is 9.67. The Morgan fingerprint density at radius 2 is 1.22 bits per heavy atom. The maximum Gasteiger partial charge on any atom is 0.412 e. The van der Waals surface area contributed by atoms with E-state index in [0.717, 1.165) is 37.2 Å². The first kappa shape index (κ1) is 28.4. The van der Waals surface area contributed by atoms with Crippen molar-refractivity contribution in [2.75, 3.05) is 6.61 Å². The number of halogens is 4. The molecule has 1 saturated heterocycles. The van der Waals surface area contributed by atoms with E-state index in [4.69, 9.17) is 4.74 Å². The van der Waals surface area contributed by atoms with Crippen molar-refractivity contribution in [3.05, 3.63) is 11.9 Å². The predicted octanol–water partition coefficient (Wildman–Crippen LogP) is 10.2. The molecule has 0 N–H and O–H groups in total. The molecule has 36 heavy (non-hydrogen) atoms. The highest BCUT2D eigenvalue weighted by atomic mass is 19.4. The Kier molecular flexibility index (Phi) is 10.6. The third-order valence-corrected chi connectivity index (χ3v) is 10.6.